The highest BCUT2D eigenvalue weighted by atomic mass is 32.1. The summed E-state index contributed by atoms with van der Waals surface area (Å²) in [6.45, 7) is 7.51. The third-order valence-corrected chi connectivity index (χ3v) is 6.73. The molecule has 3 heterocycles. The van der Waals surface area contributed by atoms with Gasteiger partial charge in [0.05, 0.1) is 23.9 Å². The summed E-state index contributed by atoms with van der Waals surface area (Å²) < 4.78 is 7.20. The van der Waals surface area contributed by atoms with Gasteiger partial charge < -0.3 is 9.64 Å². The normalized spacial score (nSPS) is 13.2. The minimum Gasteiger partial charge on any atom is -0.461 e. The van der Waals surface area contributed by atoms with Crippen LogP contribution in [0.15, 0.2) is 30.3 Å². The van der Waals surface area contributed by atoms with Crippen molar-refractivity contribution in [2.24, 2.45) is 0 Å². The molecule has 0 saturated carbocycles. The van der Waals surface area contributed by atoms with Crippen LogP contribution in [0.25, 0.3) is 0 Å². The van der Waals surface area contributed by atoms with Gasteiger partial charge in [-0.05, 0) is 39.2 Å². The zero-order valence-electron chi connectivity index (χ0n) is 18.8. The van der Waals surface area contributed by atoms with Crippen LogP contribution in [0.4, 0.5) is 0 Å². The number of carbonyl (C=O) groups is 2. The number of rotatable bonds is 7. The van der Waals surface area contributed by atoms with Crippen molar-refractivity contribution in [3.05, 3.63) is 68.4 Å². The summed E-state index contributed by atoms with van der Waals surface area (Å²) in [7, 11) is 0. The van der Waals surface area contributed by atoms with Gasteiger partial charge in [-0.2, -0.15) is 5.10 Å². The van der Waals surface area contributed by atoms with E-state index in [1.807, 2.05) is 36.7 Å². The van der Waals surface area contributed by atoms with Crippen LogP contribution in [0.1, 0.15) is 61.0 Å². The topological polar surface area (TPSA) is 77.3 Å². The van der Waals surface area contributed by atoms with Crippen molar-refractivity contribution in [3.8, 4) is 0 Å². The second kappa shape index (κ2) is 9.65. The van der Waals surface area contributed by atoms with E-state index in [4.69, 9.17) is 4.74 Å². The number of ether oxygens (including phenoxy) is 1. The Balaban J connectivity index is 1.55. The summed E-state index contributed by atoms with van der Waals surface area (Å²) in [6, 6.07) is 10.3. The first-order valence-electron chi connectivity index (χ1n) is 11.0. The number of aromatic nitrogens is 3. The molecule has 0 fully saturated rings. The number of fused-ring (bicyclic) bond motifs is 1. The lowest BCUT2D eigenvalue weighted by Gasteiger charge is -2.27. The average Bonchev–Trinajstić information content (AvgIpc) is 3.33. The van der Waals surface area contributed by atoms with E-state index < -0.39 is 5.97 Å². The standard InChI is InChI=1S/C24H28N4O3S/c1-4-31-24(30)21-19-15-27(23(29)22-16(2)25-17(3)32-22)14-12-20(19)28(26-21)13-8-11-18-9-6-5-7-10-18/h5-7,9-10H,4,8,11-15H2,1-3H3. The van der Waals surface area contributed by atoms with E-state index in [1.54, 1.807) is 11.8 Å². The van der Waals surface area contributed by atoms with Crippen LogP contribution in [0.5, 0.6) is 0 Å². The maximum Gasteiger partial charge on any atom is 0.359 e. The molecule has 32 heavy (non-hydrogen) atoms. The van der Waals surface area contributed by atoms with Crippen molar-refractivity contribution in [2.45, 2.75) is 53.1 Å². The predicted molar refractivity (Wildman–Crippen MR) is 123 cm³/mol. The molecule has 7 nitrogen and oxygen atoms in total. The molecular formula is C24H28N4O3S. The van der Waals surface area contributed by atoms with E-state index in [0.717, 1.165) is 41.3 Å². The molecule has 0 bridgehead atoms. The molecule has 0 aliphatic carbocycles. The van der Waals surface area contributed by atoms with E-state index in [0.29, 0.717) is 30.1 Å². The average molecular weight is 453 g/mol. The van der Waals surface area contributed by atoms with Gasteiger partial charge in [-0.1, -0.05) is 30.3 Å². The number of thiazole rings is 1. The third-order valence-electron chi connectivity index (χ3n) is 5.67. The fourth-order valence-electron chi connectivity index (χ4n) is 4.16. The van der Waals surface area contributed by atoms with Crippen LogP contribution < -0.4 is 0 Å². The van der Waals surface area contributed by atoms with Crippen LogP contribution in [0.2, 0.25) is 0 Å². The minimum atomic E-state index is -0.426. The number of hydrogen-bond donors (Lipinski definition) is 0. The van der Waals surface area contributed by atoms with Crippen LogP contribution in [-0.4, -0.2) is 44.7 Å². The molecule has 168 valence electrons. The van der Waals surface area contributed by atoms with E-state index in [2.05, 4.69) is 22.2 Å². The molecule has 3 aromatic rings. The summed E-state index contributed by atoms with van der Waals surface area (Å²) in [5.41, 5.74) is 4.21. The summed E-state index contributed by atoms with van der Waals surface area (Å²) in [5, 5.41) is 5.50. The number of amides is 1. The number of hydrogen-bond acceptors (Lipinski definition) is 6. The monoisotopic (exact) mass is 452 g/mol. The van der Waals surface area contributed by atoms with Crippen molar-refractivity contribution >= 4 is 23.2 Å². The Kier molecular flexibility index (Phi) is 6.69. The molecule has 1 aliphatic heterocycles. The second-order valence-corrected chi connectivity index (χ2v) is 9.13. The van der Waals surface area contributed by atoms with Crippen molar-refractivity contribution < 1.29 is 14.3 Å². The molecule has 8 heteroatoms. The predicted octanol–water partition coefficient (Wildman–Crippen LogP) is 3.96. The van der Waals surface area contributed by atoms with Crippen molar-refractivity contribution in [1.29, 1.82) is 0 Å². The number of aryl methyl sites for hydroxylation is 4. The van der Waals surface area contributed by atoms with Gasteiger partial charge in [0.25, 0.3) is 5.91 Å². The Bertz CT molecular complexity index is 1120. The summed E-state index contributed by atoms with van der Waals surface area (Å²) >= 11 is 1.42. The summed E-state index contributed by atoms with van der Waals surface area (Å²) in [6.07, 6.45) is 2.52. The molecule has 0 unspecified atom stereocenters. The van der Waals surface area contributed by atoms with Crippen molar-refractivity contribution in [1.82, 2.24) is 19.7 Å². The SMILES string of the molecule is CCOC(=O)c1nn(CCCc2ccccc2)c2c1CN(C(=O)c1sc(C)nc1C)CC2. The zero-order chi connectivity index (χ0) is 22.7. The highest BCUT2D eigenvalue weighted by Crippen LogP contribution is 2.27. The highest BCUT2D eigenvalue weighted by Gasteiger charge is 2.32. The van der Waals surface area contributed by atoms with Crippen LogP contribution in [0.3, 0.4) is 0 Å². The van der Waals surface area contributed by atoms with E-state index in [1.165, 1.54) is 16.9 Å². The zero-order valence-corrected chi connectivity index (χ0v) is 19.6. The fraction of sp³-hybridized carbons (Fsp3) is 0.417. The molecule has 0 radical (unpaired) electrons. The molecule has 0 spiro atoms. The van der Waals surface area contributed by atoms with Crippen LogP contribution in [-0.2, 0) is 30.7 Å². The van der Waals surface area contributed by atoms with E-state index >= 15 is 0 Å². The molecule has 0 saturated heterocycles. The number of nitrogens with zero attached hydrogens (tertiary/aromatic N) is 4. The molecule has 1 aliphatic rings. The first-order valence-corrected chi connectivity index (χ1v) is 11.8. The maximum absolute atomic E-state index is 13.1. The van der Waals surface area contributed by atoms with Gasteiger partial charge in [-0.25, -0.2) is 9.78 Å². The van der Waals surface area contributed by atoms with Crippen molar-refractivity contribution in [2.75, 3.05) is 13.2 Å². The maximum atomic E-state index is 13.1. The van der Waals surface area contributed by atoms with Crippen LogP contribution in [0, 0.1) is 13.8 Å². The van der Waals surface area contributed by atoms with Crippen molar-refractivity contribution in [3.63, 3.8) is 0 Å². The molecule has 1 amide bonds. The molecular weight excluding hydrogens is 424 g/mol. The van der Waals surface area contributed by atoms with Crippen LogP contribution >= 0.6 is 11.3 Å². The molecule has 0 N–H and O–H groups in total. The van der Waals surface area contributed by atoms with Gasteiger partial charge in [0.2, 0.25) is 0 Å². The fourth-order valence-corrected chi connectivity index (χ4v) is 5.05. The lowest BCUT2D eigenvalue weighted by molar-refractivity contribution is 0.0513. The Morgan fingerprint density at radius 3 is 2.66 bits per heavy atom. The quantitative estimate of drug-likeness (QED) is 0.507. The number of benzene rings is 1. The molecule has 0 atom stereocenters. The van der Waals surface area contributed by atoms with E-state index in [9.17, 15) is 9.59 Å². The summed E-state index contributed by atoms with van der Waals surface area (Å²) in [5.74, 6) is -0.463. The van der Waals surface area contributed by atoms with Gasteiger partial charge in [-0.3, -0.25) is 9.48 Å². The van der Waals surface area contributed by atoms with Gasteiger partial charge >= 0.3 is 5.97 Å². The van der Waals surface area contributed by atoms with Gasteiger partial charge in [-0.15, -0.1) is 11.3 Å². The number of carbonyl (C=O) groups excluding carboxylic acids is 2. The third kappa shape index (κ3) is 4.60. The molecule has 2 aromatic heterocycles. The Morgan fingerprint density at radius 1 is 1.19 bits per heavy atom. The lowest BCUT2D eigenvalue weighted by atomic mass is 10.0. The van der Waals surface area contributed by atoms with Gasteiger partial charge in [0.15, 0.2) is 5.69 Å². The minimum absolute atomic E-state index is 0.0367. The van der Waals surface area contributed by atoms with Gasteiger partial charge in [0.1, 0.15) is 4.88 Å². The van der Waals surface area contributed by atoms with E-state index in [-0.39, 0.29) is 12.5 Å². The molecule has 4 rings (SSSR count). The Hall–Kier alpha value is -3.00. The second-order valence-electron chi connectivity index (χ2n) is 7.93. The number of esters is 1. The summed E-state index contributed by atoms with van der Waals surface area (Å²) in [4.78, 5) is 32.6. The smallest absolute Gasteiger partial charge is 0.359 e. The first-order chi connectivity index (χ1) is 15.5. The largest absolute Gasteiger partial charge is 0.461 e. The highest BCUT2D eigenvalue weighted by molar-refractivity contribution is 7.13. The molecule has 1 aromatic carbocycles. The Morgan fingerprint density at radius 2 is 1.97 bits per heavy atom. The Labute approximate surface area is 192 Å². The lowest BCUT2D eigenvalue weighted by Crippen LogP contribution is -2.36. The van der Waals surface area contributed by atoms with Gasteiger partial charge in [0, 0.05) is 30.8 Å². The first kappa shape index (κ1) is 22.2.